The minimum Gasteiger partial charge on any atom is -0.488 e. The Morgan fingerprint density at radius 3 is 2.80 bits per heavy atom. The van der Waals surface area contributed by atoms with E-state index in [2.05, 4.69) is 10.5 Å². The SMILES string of the molecule is Cc1ccc2c(c1)-c1onc(C(=O)N[C@@H](C)c3ccccc3)c1CO2. The number of amides is 1. The fraction of sp³-hybridized carbons (Fsp3) is 0.200. The fourth-order valence-electron chi connectivity index (χ4n) is 3.02. The molecule has 5 heteroatoms. The Balaban J connectivity index is 1.62. The van der Waals surface area contributed by atoms with Crippen molar-refractivity contribution in [1.82, 2.24) is 10.5 Å². The molecular formula is C20H18N2O3. The Labute approximate surface area is 145 Å². The molecule has 4 rings (SSSR count). The van der Waals surface area contributed by atoms with E-state index in [1.165, 1.54) is 0 Å². The molecular weight excluding hydrogens is 316 g/mol. The number of hydrogen-bond acceptors (Lipinski definition) is 4. The van der Waals surface area contributed by atoms with Crippen molar-refractivity contribution in [3.63, 3.8) is 0 Å². The van der Waals surface area contributed by atoms with Crippen LogP contribution in [0.3, 0.4) is 0 Å². The Hall–Kier alpha value is -3.08. The van der Waals surface area contributed by atoms with E-state index < -0.39 is 0 Å². The molecule has 1 amide bonds. The molecule has 0 spiro atoms. The summed E-state index contributed by atoms with van der Waals surface area (Å²) < 4.78 is 11.2. The molecule has 0 saturated carbocycles. The topological polar surface area (TPSA) is 64.4 Å². The highest BCUT2D eigenvalue weighted by Crippen LogP contribution is 2.39. The van der Waals surface area contributed by atoms with Gasteiger partial charge in [-0.2, -0.15) is 0 Å². The van der Waals surface area contributed by atoms with E-state index in [0.29, 0.717) is 11.3 Å². The molecule has 0 saturated heterocycles. The van der Waals surface area contributed by atoms with E-state index in [1.54, 1.807) is 0 Å². The van der Waals surface area contributed by atoms with Gasteiger partial charge in [-0.25, -0.2) is 0 Å². The molecule has 2 heterocycles. The number of carbonyl (C=O) groups excluding carboxylic acids is 1. The number of rotatable bonds is 3. The van der Waals surface area contributed by atoms with Crippen LogP contribution >= 0.6 is 0 Å². The maximum Gasteiger partial charge on any atom is 0.274 e. The van der Waals surface area contributed by atoms with E-state index in [1.807, 2.05) is 62.4 Å². The minimum atomic E-state index is -0.263. The first-order valence-electron chi connectivity index (χ1n) is 8.21. The average molecular weight is 334 g/mol. The second kappa shape index (κ2) is 6.09. The van der Waals surface area contributed by atoms with Gasteiger partial charge in [0.2, 0.25) is 0 Å². The summed E-state index contributed by atoms with van der Waals surface area (Å²) in [6.07, 6.45) is 0. The van der Waals surface area contributed by atoms with Crippen molar-refractivity contribution in [3.8, 4) is 17.1 Å². The summed E-state index contributed by atoms with van der Waals surface area (Å²) in [4.78, 5) is 12.7. The number of ether oxygens (including phenoxy) is 1. The number of aryl methyl sites for hydroxylation is 1. The fourth-order valence-corrected chi connectivity index (χ4v) is 3.02. The van der Waals surface area contributed by atoms with Crippen molar-refractivity contribution in [2.45, 2.75) is 26.5 Å². The molecule has 0 aliphatic carbocycles. The third kappa shape index (κ3) is 2.78. The highest BCUT2D eigenvalue weighted by Gasteiger charge is 2.29. The van der Waals surface area contributed by atoms with Gasteiger partial charge in [0.25, 0.3) is 5.91 Å². The molecule has 25 heavy (non-hydrogen) atoms. The lowest BCUT2D eigenvalue weighted by Gasteiger charge is -2.17. The minimum absolute atomic E-state index is 0.125. The van der Waals surface area contributed by atoms with Gasteiger partial charge in [-0.1, -0.05) is 47.1 Å². The van der Waals surface area contributed by atoms with Gasteiger partial charge in [0, 0.05) is 0 Å². The lowest BCUT2D eigenvalue weighted by atomic mass is 10.0. The van der Waals surface area contributed by atoms with Gasteiger partial charge in [0.15, 0.2) is 11.5 Å². The molecule has 0 unspecified atom stereocenters. The number of nitrogens with one attached hydrogen (secondary N) is 1. The first-order chi connectivity index (χ1) is 12.1. The summed E-state index contributed by atoms with van der Waals surface area (Å²) in [7, 11) is 0. The van der Waals surface area contributed by atoms with Crippen LogP contribution in [0.5, 0.6) is 5.75 Å². The Kier molecular flexibility index (Phi) is 3.76. The first-order valence-corrected chi connectivity index (χ1v) is 8.21. The van der Waals surface area contributed by atoms with E-state index >= 15 is 0 Å². The third-order valence-electron chi connectivity index (χ3n) is 4.40. The molecule has 1 aromatic heterocycles. The van der Waals surface area contributed by atoms with Crippen LogP contribution in [0.1, 0.15) is 40.1 Å². The summed E-state index contributed by atoms with van der Waals surface area (Å²) >= 11 is 0. The van der Waals surface area contributed by atoms with E-state index in [4.69, 9.17) is 9.26 Å². The quantitative estimate of drug-likeness (QED) is 0.785. The van der Waals surface area contributed by atoms with Crippen LogP contribution in [0.2, 0.25) is 0 Å². The molecule has 3 aromatic rings. The summed E-state index contributed by atoms with van der Waals surface area (Å²) in [5.41, 5.74) is 3.94. The van der Waals surface area contributed by atoms with Crippen LogP contribution in [-0.2, 0) is 6.61 Å². The maximum absolute atomic E-state index is 12.7. The predicted molar refractivity (Wildman–Crippen MR) is 93.3 cm³/mol. The Morgan fingerprint density at radius 1 is 1.20 bits per heavy atom. The Bertz CT molecular complexity index is 931. The molecule has 1 aliphatic heterocycles. The standard InChI is InChI=1S/C20H18N2O3/c1-12-8-9-17-15(10-12)19-16(11-24-17)18(22-25-19)20(23)21-13(2)14-6-4-3-5-7-14/h3-10,13H,11H2,1-2H3,(H,21,23)/t13-/m0/s1. The smallest absolute Gasteiger partial charge is 0.274 e. The van der Waals surface area contributed by atoms with Crippen molar-refractivity contribution in [1.29, 1.82) is 0 Å². The third-order valence-corrected chi connectivity index (χ3v) is 4.40. The second-order valence-electron chi connectivity index (χ2n) is 6.23. The zero-order valence-corrected chi connectivity index (χ0v) is 14.1. The van der Waals surface area contributed by atoms with E-state index in [0.717, 1.165) is 22.4 Å². The van der Waals surface area contributed by atoms with Crippen molar-refractivity contribution < 1.29 is 14.1 Å². The largest absolute Gasteiger partial charge is 0.488 e. The van der Waals surface area contributed by atoms with Crippen LogP contribution in [-0.4, -0.2) is 11.1 Å². The van der Waals surface area contributed by atoms with Crippen molar-refractivity contribution in [2.75, 3.05) is 0 Å². The highest BCUT2D eigenvalue weighted by molar-refractivity contribution is 5.95. The zero-order chi connectivity index (χ0) is 17.4. The molecule has 0 fully saturated rings. The van der Waals surface area contributed by atoms with Crippen LogP contribution in [0.15, 0.2) is 53.1 Å². The normalized spacial score (nSPS) is 13.4. The van der Waals surface area contributed by atoms with Gasteiger partial charge in [-0.05, 0) is 31.5 Å². The monoisotopic (exact) mass is 334 g/mol. The lowest BCUT2D eigenvalue weighted by Crippen LogP contribution is -2.28. The van der Waals surface area contributed by atoms with Crippen molar-refractivity contribution in [2.24, 2.45) is 0 Å². The average Bonchev–Trinajstić information content (AvgIpc) is 3.07. The Morgan fingerprint density at radius 2 is 2.00 bits per heavy atom. The zero-order valence-electron chi connectivity index (χ0n) is 14.1. The summed E-state index contributed by atoms with van der Waals surface area (Å²) in [5.74, 6) is 1.10. The number of fused-ring (bicyclic) bond motifs is 3. The lowest BCUT2D eigenvalue weighted by molar-refractivity contribution is 0.0928. The predicted octanol–water partition coefficient (Wildman–Crippen LogP) is 4.03. The summed E-state index contributed by atoms with van der Waals surface area (Å²) in [5, 5.41) is 6.97. The van der Waals surface area contributed by atoms with Crippen molar-refractivity contribution >= 4 is 5.91 Å². The summed E-state index contributed by atoms with van der Waals surface area (Å²) in [6.45, 7) is 4.21. The molecule has 5 nitrogen and oxygen atoms in total. The highest BCUT2D eigenvalue weighted by atomic mass is 16.5. The van der Waals surface area contributed by atoms with E-state index in [9.17, 15) is 4.79 Å². The van der Waals surface area contributed by atoms with Gasteiger partial charge < -0.3 is 14.6 Å². The second-order valence-corrected chi connectivity index (χ2v) is 6.23. The molecule has 1 N–H and O–H groups in total. The van der Waals surface area contributed by atoms with Crippen LogP contribution < -0.4 is 10.1 Å². The van der Waals surface area contributed by atoms with Gasteiger partial charge in [0.1, 0.15) is 12.4 Å². The maximum atomic E-state index is 12.7. The number of hydrogen-bond donors (Lipinski definition) is 1. The summed E-state index contributed by atoms with van der Waals surface area (Å²) in [6, 6.07) is 15.5. The molecule has 1 aliphatic rings. The van der Waals surface area contributed by atoms with E-state index in [-0.39, 0.29) is 24.2 Å². The molecule has 126 valence electrons. The van der Waals surface area contributed by atoms with Crippen LogP contribution in [0, 0.1) is 6.92 Å². The van der Waals surface area contributed by atoms with Gasteiger partial charge in [-0.3, -0.25) is 4.79 Å². The molecule has 0 bridgehead atoms. The van der Waals surface area contributed by atoms with Gasteiger partial charge in [0.05, 0.1) is 17.2 Å². The van der Waals surface area contributed by atoms with Crippen LogP contribution in [0.4, 0.5) is 0 Å². The van der Waals surface area contributed by atoms with Crippen molar-refractivity contribution in [3.05, 3.63) is 70.9 Å². The number of benzene rings is 2. The van der Waals surface area contributed by atoms with Gasteiger partial charge >= 0.3 is 0 Å². The van der Waals surface area contributed by atoms with Crippen LogP contribution in [0.25, 0.3) is 11.3 Å². The molecule has 0 radical (unpaired) electrons. The number of aromatic nitrogens is 1. The number of nitrogens with zero attached hydrogens (tertiary/aromatic N) is 1. The van der Waals surface area contributed by atoms with Gasteiger partial charge in [-0.15, -0.1) is 0 Å². The molecule has 2 aromatic carbocycles. The first kappa shape index (κ1) is 15.4. The number of carbonyl (C=O) groups is 1. The molecule has 1 atom stereocenters.